The Kier molecular flexibility index (Phi) is 5.17. The molecule has 0 amide bonds. The van der Waals surface area contributed by atoms with E-state index in [1.54, 1.807) is 0 Å². The van der Waals surface area contributed by atoms with Crippen molar-refractivity contribution in [3.63, 3.8) is 0 Å². The maximum Gasteiger partial charge on any atom is 0.310 e. The van der Waals surface area contributed by atoms with Crippen LogP contribution in [-0.2, 0) is 22.6 Å². The Bertz CT molecular complexity index is 814. The molecule has 1 heterocycles. The highest BCUT2D eigenvalue weighted by Crippen LogP contribution is 2.59. The molecule has 1 aromatic heterocycles. The van der Waals surface area contributed by atoms with Crippen LogP contribution in [0.5, 0.6) is 0 Å². The molecule has 1 saturated carbocycles. The standard InChI is InChI=1S/C23H27NO2/c1-5-16(2)13-19-21(23(19,3)4)22(25)26-15-20-18(11-12-24-20)14-17-9-7-6-8-10-17/h5-13,19,21,24H,1,14-15H2,2-4H3. The maximum atomic E-state index is 12.6. The van der Waals surface area contributed by atoms with Crippen LogP contribution in [-0.4, -0.2) is 11.0 Å². The fourth-order valence-corrected chi connectivity index (χ4v) is 3.58. The van der Waals surface area contributed by atoms with Gasteiger partial charge in [0.1, 0.15) is 6.61 Å². The van der Waals surface area contributed by atoms with Crippen LogP contribution in [0.25, 0.3) is 0 Å². The minimum absolute atomic E-state index is 0.0516. The molecule has 0 aliphatic heterocycles. The van der Waals surface area contributed by atoms with Gasteiger partial charge in [-0.3, -0.25) is 4.79 Å². The van der Waals surface area contributed by atoms with Crippen molar-refractivity contribution >= 4 is 5.97 Å². The fourth-order valence-electron chi connectivity index (χ4n) is 3.58. The lowest BCUT2D eigenvalue weighted by molar-refractivity contribution is -0.147. The van der Waals surface area contributed by atoms with Gasteiger partial charge < -0.3 is 9.72 Å². The van der Waals surface area contributed by atoms with Gasteiger partial charge in [-0.25, -0.2) is 0 Å². The minimum atomic E-state index is -0.117. The highest BCUT2D eigenvalue weighted by molar-refractivity contribution is 5.78. The molecular weight excluding hydrogens is 322 g/mol. The number of benzene rings is 1. The van der Waals surface area contributed by atoms with E-state index in [2.05, 4.69) is 49.7 Å². The second-order valence-corrected chi connectivity index (χ2v) is 7.69. The van der Waals surface area contributed by atoms with Crippen LogP contribution in [0.3, 0.4) is 0 Å². The number of aromatic nitrogens is 1. The summed E-state index contributed by atoms with van der Waals surface area (Å²) < 4.78 is 5.64. The monoisotopic (exact) mass is 349 g/mol. The summed E-state index contributed by atoms with van der Waals surface area (Å²) in [4.78, 5) is 15.8. The normalized spacial score (nSPS) is 21.3. The maximum absolute atomic E-state index is 12.6. The van der Waals surface area contributed by atoms with Crippen LogP contribution in [0.4, 0.5) is 0 Å². The zero-order valence-electron chi connectivity index (χ0n) is 15.8. The molecule has 3 rings (SSSR count). The van der Waals surface area contributed by atoms with E-state index in [0.717, 1.165) is 23.3 Å². The van der Waals surface area contributed by atoms with Crippen molar-refractivity contribution in [2.24, 2.45) is 17.3 Å². The zero-order chi connectivity index (χ0) is 18.7. The van der Waals surface area contributed by atoms with Crippen LogP contribution in [0.1, 0.15) is 37.6 Å². The predicted molar refractivity (Wildman–Crippen MR) is 105 cm³/mol. The highest BCUT2D eigenvalue weighted by Gasteiger charge is 2.61. The second-order valence-electron chi connectivity index (χ2n) is 7.69. The molecule has 26 heavy (non-hydrogen) atoms. The first-order chi connectivity index (χ1) is 12.4. The highest BCUT2D eigenvalue weighted by atomic mass is 16.5. The Morgan fingerprint density at radius 2 is 2.00 bits per heavy atom. The Hall–Kier alpha value is -2.55. The molecule has 0 saturated heterocycles. The number of allylic oxidation sites excluding steroid dienone is 3. The summed E-state index contributed by atoms with van der Waals surface area (Å²) in [5.74, 6) is 0.0266. The third kappa shape index (κ3) is 3.82. The van der Waals surface area contributed by atoms with Crippen LogP contribution in [0.15, 0.2) is 66.9 Å². The number of carbonyl (C=O) groups excluding carboxylic acids is 1. The molecule has 0 spiro atoms. The molecule has 1 fully saturated rings. The van der Waals surface area contributed by atoms with Gasteiger partial charge in [0.05, 0.1) is 11.6 Å². The second kappa shape index (κ2) is 7.36. The van der Waals surface area contributed by atoms with Crippen molar-refractivity contribution in [3.05, 3.63) is 83.7 Å². The lowest BCUT2D eigenvalue weighted by Crippen LogP contribution is -2.11. The van der Waals surface area contributed by atoms with E-state index in [1.165, 1.54) is 5.56 Å². The van der Waals surface area contributed by atoms with Gasteiger partial charge in [0.2, 0.25) is 0 Å². The lowest BCUT2D eigenvalue weighted by atomic mass is 10.1. The first-order valence-electron chi connectivity index (χ1n) is 9.10. The molecular formula is C23H27NO2. The van der Waals surface area contributed by atoms with Gasteiger partial charge >= 0.3 is 5.97 Å². The summed E-state index contributed by atoms with van der Waals surface area (Å²) in [6.07, 6.45) is 6.69. The molecule has 3 heteroatoms. The lowest BCUT2D eigenvalue weighted by Gasteiger charge is -2.07. The number of H-pyrrole nitrogens is 1. The molecule has 1 N–H and O–H groups in total. The molecule has 2 unspecified atom stereocenters. The first kappa shape index (κ1) is 18.2. The third-order valence-corrected chi connectivity index (χ3v) is 5.45. The van der Waals surface area contributed by atoms with E-state index < -0.39 is 0 Å². The molecule has 1 aliphatic rings. The third-order valence-electron chi connectivity index (χ3n) is 5.45. The van der Waals surface area contributed by atoms with Crippen LogP contribution >= 0.6 is 0 Å². The van der Waals surface area contributed by atoms with E-state index in [4.69, 9.17) is 4.74 Å². The van der Waals surface area contributed by atoms with Crippen LogP contribution in [0.2, 0.25) is 0 Å². The van der Waals surface area contributed by atoms with Crippen molar-refractivity contribution in [2.75, 3.05) is 0 Å². The van der Waals surface area contributed by atoms with E-state index in [1.807, 2.05) is 37.4 Å². The first-order valence-corrected chi connectivity index (χ1v) is 9.10. The summed E-state index contributed by atoms with van der Waals surface area (Å²) in [5, 5.41) is 0. The van der Waals surface area contributed by atoms with Crippen molar-refractivity contribution in [3.8, 4) is 0 Å². The minimum Gasteiger partial charge on any atom is -0.459 e. The molecule has 1 aliphatic carbocycles. The molecule has 2 atom stereocenters. The van der Waals surface area contributed by atoms with Gasteiger partial charge in [0, 0.05) is 6.20 Å². The Labute approximate surface area is 155 Å². The van der Waals surface area contributed by atoms with Crippen LogP contribution in [0, 0.1) is 17.3 Å². The van der Waals surface area contributed by atoms with Gasteiger partial charge in [-0.1, -0.05) is 68.5 Å². The average Bonchev–Trinajstić information content (AvgIpc) is 2.94. The van der Waals surface area contributed by atoms with E-state index >= 15 is 0 Å². The zero-order valence-corrected chi connectivity index (χ0v) is 15.8. The molecule has 2 aromatic rings. The Morgan fingerprint density at radius 3 is 2.69 bits per heavy atom. The van der Waals surface area contributed by atoms with Crippen molar-refractivity contribution in [1.82, 2.24) is 4.98 Å². The van der Waals surface area contributed by atoms with E-state index in [-0.39, 0.29) is 29.8 Å². The quantitative estimate of drug-likeness (QED) is 0.561. The van der Waals surface area contributed by atoms with Gasteiger partial charge in [-0.2, -0.15) is 0 Å². The summed E-state index contributed by atoms with van der Waals surface area (Å²) in [5.41, 5.74) is 4.43. The average molecular weight is 349 g/mol. The number of ether oxygens (including phenoxy) is 1. The van der Waals surface area contributed by atoms with Gasteiger partial charge in [0.15, 0.2) is 0 Å². The number of hydrogen-bond acceptors (Lipinski definition) is 2. The Balaban J connectivity index is 1.61. The number of carbonyl (C=O) groups is 1. The molecule has 1 aromatic carbocycles. The summed E-state index contributed by atoms with van der Waals surface area (Å²) in [7, 11) is 0. The SMILES string of the molecule is C=CC(C)=CC1C(C(=O)OCc2[nH]ccc2Cc2ccccc2)C1(C)C. The fraction of sp³-hybridized carbons (Fsp3) is 0.348. The van der Waals surface area contributed by atoms with Crippen molar-refractivity contribution < 1.29 is 9.53 Å². The van der Waals surface area contributed by atoms with Crippen LogP contribution < -0.4 is 0 Å². The molecule has 136 valence electrons. The molecule has 3 nitrogen and oxygen atoms in total. The van der Waals surface area contributed by atoms with Gasteiger partial charge in [0.25, 0.3) is 0 Å². The van der Waals surface area contributed by atoms with Gasteiger partial charge in [-0.15, -0.1) is 0 Å². The van der Waals surface area contributed by atoms with E-state index in [9.17, 15) is 4.79 Å². The Morgan fingerprint density at radius 1 is 1.27 bits per heavy atom. The number of nitrogens with one attached hydrogen (secondary N) is 1. The summed E-state index contributed by atoms with van der Waals surface area (Å²) in [6, 6.07) is 12.4. The number of rotatable bonds is 7. The topological polar surface area (TPSA) is 42.1 Å². The predicted octanol–water partition coefficient (Wildman–Crippen LogP) is 5.05. The number of aromatic amines is 1. The van der Waals surface area contributed by atoms with Crippen molar-refractivity contribution in [2.45, 2.75) is 33.8 Å². The van der Waals surface area contributed by atoms with E-state index in [0.29, 0.717) is 0 Å². The summed E-state index contributed by atoms with van der Waals surface area (Å²) >= 11 is 0. The van der Waals surface area contributed by atoms with Gasteiger partial charge in [-0.05, 0) is 41.9 Å². The number of esters is 1. The summed E-state index contributed by atoms with van der Waals surface area (Å²) in [6.45, 7) is 10.3. The van der Waals surface area contributed by atoms with Crippen molar-refractivity contribution in [1.29, 1.82) is 0 Å². The smallest absolute Gasteiger partial charge is 0.310 e. The number of hydrogen-bond donors (Lipinski definition) is 1. The molecule has 0 radical (unpaired) electrons. The largest absolute Gasteiger partial charge is 0.459 e. The molecule has 0 bridgehead atoms.